The van der Waals surface area contributed by atoms with Gasteiger partial charge < -0.3 is 14.8 Å². The Morgan fingerprint density at radius 3 is 2.88 bits per heavy atom. The molecule has 1 aromatic carbocycles. The van der Waals surface area contributed by atoms with Crippen molar-refractivity contribution in [2.24, 2.45) is 7.05 Å². The molecule has 0 saturated carbocycles. The zero-order chi connectivity index (χ0) is 11.7. The van der Waals surface area contributed by atoms with E-state index in [2.05, 4.69) is 0 Å². The number of rotatable bonds is 3. The lowest BCUT2D eigenvalue weighted by molar-refractivity contribution is -0.146. The van der Waals surface area contributed by atoms with E-state index in [9.17, 15) is 9.90 Å². The highest BCUT2D eigenvalue weighted by molar-refractivity contribution is 5.84. The van der Waals surface area contributed by atoms with E-state index in [4.69, 9.17) is 5.11 Å². The first-order valence-corrected chi connectivity index (χ1v) is 5.03. The van der Waals surface area contributed by atoms with Crippen LogP contribution in [0.1, 0.15) is 5.56 Å². The zero-order valence-electron chi connectivity index (χ0n) is 8.92. The minimum Gasteiger partial charge on any atom is -0.479 e. The van der Waals surface area contributed by atoms with Gasteiger partial charge in [0.25, 0.3) is 0 Å². The van der Waals surface area contributed by atoms with Crippen molar-refractivity contribution >= 4 is 16.9 Å². The second-order valence-electron chi connectivity index (χ2n) is 3.83. The van der Waals surface area contributed by atoms with E-state index in [-0.39, 0.29) is 6.42 Å². The second-order valence-corrected chi connectivity index (χ2v) is 3.83. The fourth-order valence-corrected chi connectivity index (χ4v) is 1.84. The van der Waals surface area contributed by atoms with Gasteiger partial charge in [-0.25, -0.2) is 4.79 Å². The number of aliphatic hydroxyl groups is 1. The molecule has 4 nitrogen and oxygen atoms in total. The molecule has 0 aliphatic carbocycles. The van der Waals surface area contributed by atoms with Gasteiger partial charge in [0.05, 0.1) is 0 Å². The predicted molar refractivity (Wildman–Crippen MR) is 60.3 cm³/mol. The van der Waals surface area contributed by atoms with Crippen LogP contribution in [0.25, 0.3) is 10.9 Å². The third kappa shape index (κ3) is 1.79. The number of nitrogens with zero attached hydrogens (tertiary/aromatic N) is 1. The number of aryl methyl sites for hydroxylation is 1. The number of carboxylic acids is 1. The van der Waals surface area contributed by atoms with Gasteiger partial charge in [0, 0.05) is 30.6 Å². The SMILES string of the molecule is Cn1ccc2c(CC(O)C(=O)O)cccc21. The van der Waals surface area contributed by atoms with Crippen molar-refractivity contribution in [3.05, 3.63) is 36.0 Å². The molecule has 1 atom stereocenters. The fourth-order valence-electron chi connectivity index (χ4n) is 1.84. The maximum absolute atomic E-state index is 10.6. The first-order chi connectivity index (χ1) is 7.59. The van der Waals surface area contributed by atoms with Gasteiger partial charge in [-0.15, -0.1) is 0 Å². The lowest BCUT2D eigenvalue weighted by Gasteiger charge is -2.07. The van der Waals surface area contributed by atoms with E-state index in [1.807, 2.05) is 42.1 Å². The number of aromatic nitrogens is 1. The van der Waals surface area contributed by atoms with Crippen LogP contribution in [0.15, 0.2) is 30.5 Å². The van der Waals surface area contributed by atoms with Crippen LogP contribution in [0.2, 0.25) is 0 Å². The molecule has 0 spiro atoms. The molecule has 1 heterocycles. The smallest absolute Gasteiger partial charge is 0.332 e. The lowest BCUT2D eigenvalue weighted by atomic mass is 10.0. The van der Waals surface area contributed by atoms with Crippen molar-refractivity contribution in [1.82, 2.24) is 4.57 Å². The van der Waals surface area contributed by atoms with Crippen LogP contribution in [0, 0.1) is 0 Å². The Bertz CT molecular complexity index is 530. The summed E-state index contributed by atoms with van der Waals surface area (Å²) in [5, 5.41) is 19.0. The molecule has 1 aromatic heterocycles. The first kappa shape index (κ1) is 10.7. The average Bonchev–Trinajstić information content (AvgIpc) is 2.62. The molecular weight excluding hydrogens is 206 g/mol. The summed E-state index contributed by atoms with van der Waals surface area (Å²) in [4.78, 5) is 10.6. The first-order valence-electron chi connectivity index (χ1n) is 5.03. The summed E-state index contributed by atoms with van der Waals surface area (Å²) in [5.41, 5.74) is 1.89. The number of carboxylic acid groups (broad SMARTS) is 1. The Morgan fingerprint density at radius 1 is 1.44 bits per heavy atom. The third-order valence-electron chi connectivity index (χ3n) is 2.72. The highest BCUT2D eigenvalue weighted by Gasteiger charge is 2.15. The van der Waals surface area contributed by atoms with Gasteiger partial charge in [-0.1, -0.05) is 12.1 Å². The highest BCUT2D eigenvalue weighted by Crippen LogP contribution is 2.20. The molecule has 2 rings (SSSR count). The Labute approximate surface area is 92.7 Å². The maximum atomic E-state index is 10.6. The summed E-state index contributed by atoms with van der Waals surface area (Å²) in [7, 11) is 1.93. The quantitative estimate of drug-likeness (QED) is 0.814. The minimum absolute atomic E-state index is 0.136. The monoisotopic (exact) mass is 219 g/mol. The van der Waals surface area contributed by atoms with Crippen LogP contribution in [-0.2, 0) is 18.3 Å². The van der Waals surface area contributed by atoms with E-state index in [1.165, 1.54) is 0 Å². The highest BCUT2D eigenvalue weighted by atomic mass is 16.4. The molecule has 1 unspecified atom stereocenters. The molecule has 0 bridgehead atoms. The van der Waals surface area contributed by atoms with E-state index >= 15 is 0 Å². The van der Waals surface area contributed by atoms with Crippen molar-refractivity contribution in [3.8, 4) is 0 Å². The second kappa shape index (κ2) is 3.98. The molecule has 4 heteroatoms. The molecule has 16 heavy (non-hydrogen) atoms. The van der Waals surface area contributed by atoms with E-state index in [0.717, 1.165) is 16.5 Å². The van der Waals surface area contributed by atoms with Crippen molar-refractivity contribution < 1.29 is 15.0 Å². The van der Waals surface area contributed by atoms with Gasteiger partial charge in [-0.2, -0.15) is 0 Å². The van der Waals surface area contributed by atoms with Crippen LogP contribution >= 0.6 is 0 Å². The third-order valence-corrected chi connectivity index (χ3v) is 2.72. The largest absolute Gasteiger partial charge is 0.479 e. The predicted octanol–water partition coefficient (Wildman–Crippen LogP) is 1.17. The van der Waals surface area contributed by atoms with Gasteiger partial charge in [-0.3, -0.25) is 0 Å². The number of carbonyl (C=O) groups is 1. The Morgan fingerprint density at radius 2 is 2.19 bits per heavy atom. The van der Waals surface area contributed by atoms with Crippen LogP contribution in [0.4, 0.5) is 0 Å². The number of benzene rings is 1. The molecule has 2 aromatic rings. The maximum Gasteiger partial charge on any atom is 0.332 e. The van der Waals surface area contributed by atoms with Gasteiger partial charge >= 0.3 is 5.97 Å². The van der Waals surface area contributed by atoms with Gasteiger partial charge in [0.2, 0.25) is 0 Å². The van der Waals surface area contributed by atoms with Crippen LogP contribution in [-0.4, -0.2) is 26.9 Å². The van der Waals surface area contributed by atoms with Crippen molar-refractivity contribution in [2.75, 3.05) is 0 Å². The summed E-state index contributed by atoms with van der Waals surface area (Å²) in [6.45, 7) is 0. The van der Waals surface area contributed by atoms with Crippen LogP contribution < -0.4 is 0 Å². The number of hydrogen-bond acceptors (Lipinski definition) is 2. The van der Waals surface area contributed by atoms with Crippen molar-refractivity contribution in [3.63, 3.8) is 0 Å². The molecule has 0 radical (unpaired) electrons. The number of aliphatic hydroxyl groups excluding tert-OH is 1. The molecule has 0 aliphatic rings. The van der Waals surface area contributed by atoms with Gasteiger partial charge in [0.1, 0.15) is 0 Å². The van der Waals surface area contributed by atoms with Gasteiger partial charge in [0.15, 0.2) is 6.10 Å². The minimum atomic E-state index is -1.34. The summed E-state index contributed by atoms with van der Waals surface area (Å²) < 4.78 is 1.96. The summed E-state index contributed by atoms with van der Waals surface area (Å²) in [6, 6.07) is 7.60. The Kier molecular flexibility index (Phi) is 2.66. The van der Waals surface area contributed by atoms with Crippen molar-refractivity contribution in [1.29, 1.82) is 0 Å². The molecule has 0 saturated heterocycles. The standard InChI is InChI=1S/C12H13NO3/c1-13-6-5-9-8(3-2-4-10(9)13)7-11(14)12(15)16/h2-6,11,14H,7H2,1H3,(H,15,16). The van der Waals surface area contributed by atoms with Gasteiger partial charge in [-0.05, 0) is 17.7 Å². The number of hydrogen-bond donors (Lipinski definition) is 2. The summed E-state index contributed by atoms with van der Waals surface area (Å²) in [6.07, 6.45) is 0.712. The van der Waals surface area contributed by atoms with Crippen molar-refractivity contribution in [2.45, 2.75) is 12.5 Å². The Balaban J connectivity index is 2.41. The normalized spacial score (nSPS) is 12.9. The number of fused-ring (bicyclic) bond motifs is 1. The molecule has 0 fully saturated rings. The zero-order valence-corrected chi connectivity index (χ0v) is 8.92. The molecule has 0 aliphatic heterocycles. The summed E-state index contributed by atoms with van der Waals surface area (Å²) in [5.74, 6) is -1.19. The molecule has 2 N–H and O–H groups in total. The number of aliphatic carboxylic acids is 1. The van der Waals surface area contributed by atoms with Crippen LogP contribution in [0.5, 0.6) is 0 Å². The summed E-state index contributed by atoms with van der Waals surface area (Å²) >= 11 is 0. The average molecular weight is 219 g/mol. The lowest BCUT2D eigenvalue weighted by Crippen LogP contribution is -2.22. The topological polar surface area (TPSA) is 62.5 Å². The molecule has 84 valence electrons. The van der Waals surface area contributed by atoms with E-state index in [1.54, 1.807) is 0 Å². The molecular formula is C12H13NO3. The molecule has 0 amide bonds. The van der Waals surface area contributed by atoms with E-state index < -0.39 is 12.1 Å². The van der Waals surface area contributed by atoms with E-state index in [0.29, 0.717) is 0 Å². The fraction of sp³-hybridized carbons (Fsp3) is 0.250. The van der Waals surface area contributed by atoms with Crippen LogP contribution in [0.3, 0.4) is 0 Å². The Hall–Kier alpha value is -1.81.